The summed E-state index contributed by atoms with van der Waals surface area (Å²) in [6.07, 6.45) is 5.11. The van der Waals surface area contributed by atoms with E-state index in [1.165, 1.54) is 25.7 Å². The highest BCUT2D eigenvalue weighted by molar-refractivity contribution is 6.30. The van der Waals surface area contributed by atoms with Crippen LogP contribution in [0.25, 0.3) is 0 Å². The molecule has 19 heavy (non-hydrogen) atoms. The molecular weight excluding hydrogens is 279 g/mol. The van der Waals surface area contributed by atoms with E-state index in [-0.39, 0.29) is 0 Å². The molecule has 0 amide bonds. The minimum Gasteiger partial charge on any atom is -0.249 e. The molecule has 1 aromatic heterocycles. The van der Waals surface area contributed by atoms with Crippen molar-refractivity contribution >= 4 is 23.2 Å². The van der Waals surface area contributed by atoms with Crippen LogP contribution < -0.4 is 0 Å². The maximum Gasteiger partial charge on any atom is 0.127 e. The Hall–Kier alpha value is -0.990. The number of rotatable bonds is 3. The molecule has 0 radical (unpaired) electrons. The molecule has 0 N–H and O–H groups in total. The van der Waals surface area contributed by atoms with Crippen LogP contribution in [0.15, 0.2) is 30.3 Å². The first kappa shape index (κ1) is 13.0. The van der Waals surface area contributed by atoms with Crippen LogP contribution in [0.2, 0.25) is 10.2 Å². The summed E-state index contributed by atoms with van der Waals surface area (Å²) in [7, 11) is 0. The predicted molar refractivity (Wildman–Crippen MR) is 79.0 cm³/mol. The highest BCUT2D eigenvalue weighted by Gasteiger charge is 2.20. The van der Waals surface area contributed by atoms with Crippen molar-refractivity contribution in [2.75, 3.05) is 0 Å². The Bertz CT molecular complexity index is 554. The summed E-state index contributed by atoms with van der Waals surface area (Å²) >= 11 is 12.2. The molecule has 2 aromatic rings. The number of aromatic nitrogens is 2. The third-order valence-corrected chi connectivity index (χ3v) is 4.32. The summed E-state index contributed by atoms with van der Waals surface area (Å²) in [6.45, 7) is 0.697. The van der Waals surface area contributed by atoms with E-state index in [0.717, 1.165) is 21.4 Å². The van der Waals surface area contributed by atoms with E-state index in [4.69, 9.17) is 23.2 Å². The minimum absolute atomic E-state index is 0.601. The molecule has 0 aliphatic heterocycles. The van der Waals surface area contributed by atoms with Crippen LogP contribution in [-0.2, 0) is 6.54 Å². The summed E-state index contributed by atoms with van der Waals surface area (Å²) in [6, 6.07) is 9.83. The van der Waals surface area contributed by atoms with Gasteiger partial charge in [-0.25, -0.2) is 4.68 Å². The van der Waals surface area contributed by atoms with Crippen LogP contribution in [0.1, 0.15) is 42.9 Å². The molecule has 1 aliphatic rings. The molecule has 4 heteroatoms. The first-order chi connectivity index (χ1) is 9.22. The number of hydrogen-bond acceptors (Lipinski definition) is 1. The van der Waals surface area contributed by atoms with Crippen LogP contribution in [0.3, 0.4) is 0 Å². The number of benzene rings is 1. The topological polar surface area (TPSA) is 17.8 Å². The molecule has 3 rings (SSSR count). The van der Waals surface area contributed by atoms with Crippen molar-refractivity contribution in [3.8, 4) is 0 Å². The van der Waals surface area contributed by atoms with Gasteiger partial charge in [-0.2, -0.15) is 5.10 Å². The second-order valence-corrected chi connectivity index (χ2v) is 5.98. The lowest BCUT2D eigenvalue weighted by Gasteiger charge is -2.05. The van der Waals surface area contributed by atoms with E-state index in [2.05, 4.69) is 5.10 Å². The largest absolute Gasteiger partial charge is 0.249 e. The molecule has 0 atom stereocenters. The molecule has 0 unspecified atom stereocenters. The van der Waals surface area contributed by atoms with Crippen molar-refractivity contribution in [1.29, 1.82) is 0 Å². The predicted octanol–water partition coefficient (Wildman–Crippen LogP) is 4.90. The molecule has 0 spiro atoms. The van der Waals surface area contributed by atoms with Gasteiger partial charge < -0.3 is 0 Å². The average Bonchev–Trinajstić information content (AvgIpc) is 3.03. The maximum absolute atomic E-state index is 6.28. The Morgan fingerprint density at radius 3 is 2.47 bits per heavy atom. The highest BCUT2D eigenvalue weighted by Crippen LogP contribution is 2.34. The average molecular weight is 295 g/mol. The Morgan fingerprint density at radius 1 is 1.11 bits per heavy atom. The lowest BCUT2D eigenvalue weighted by atomic mass is 10.1. The SMILES string of the molecule is Clc1ccc(Cn2nc(C3CCCC3)cc2Cl)cc1. The van der Waals surface area contributed by atoms with E-state index in [1.807, 2.05) is 35.0 Å². The number of nitrogens with zero attached hydrogens (tertiary/aromatic N) is 2. The standard InChI is InChI=1S/C15H16Cl2N2/c16-13-7-5-11(6-8-13)10-19-15(17)9-14(18-19)12-3-1-2-4-12/h5-9,12H,1-4,10H2. The smallest absolute Gasteiger partial charge is 0.127 e. The lowest BCUT2D eigenvalue weighted by molar-refractivity contribution is 0.629. The van der Waals surface area contributed by atoms with Crippen molar-refractivity contribution in [3.05, 3.63) is 51.8 Å². The molecule has 1 aromatic carbocycles. The van der Waals surface area contributed by atoms with E-state index >= 15 is 0 Å². The molecule has 1 aliphatic carbocycles. The summed E-state index contributed by atoms with van der Waals surface area (Å²) in [4.78, 5) is 0. The molecule has 0 bridgehead atoms. The van der Waals surface area contributed by atoms with E-state index in [1.54, 1.807) is 0 Å². The molecule has 1 heterocycles. The van der Waals surface area contributed by atoms with Crippen LogP contribution in [-0.4, -0.2) is 9.78 Å². The summed E-state index contributed by atoms with van der Waals surface area (Å²) in [5.74, 6) is 0.601. The van der Waals surface area contributed by atoms with Crippen molar-refractivity contribution < 1.29 is 0 Å². The van der Waals surface area contributed by atoms with Crippen LogP contribution in [0.5, 0.6) is 0 Å². The summed E-state index contributed by atoms with van der Waals surface area (Å²) < 4.78 is 1.87. The first-order valence-electron chi connectivity index (χ1n) is 6.70. The fourth-order valence-electron chi connectivity index (χ4n) is 2.71. The molecule has 1 saturated carbocycles. The van der Waals surface area contributed by atoms with Gasteiger partial charge in [0, 0.05) is 10.9 Å². The maximum atomic E-state index is 6.28. The third kappa shape index (κ3) is 2.96. The Labute approximate surface area is 123 Å². The molecule has 0 saturated heterocycles. The van der Waals surface area contributed by atoms with Crippen LogP contribution >= 0.6 is 23.2 Å². The molecule has 100 valence electrons. The van der Waals surface area contributed by atoms with Gasteiger partial charge in [-0.1, -0.05) is 48.2 Å². The van der Waals surface area contributed by atoms with Gasteiger partial charge in [-0.3, -0.25) is 0 Å². The van der Waals surface area contributed by atoms with Crippen molar-refractivity contribution in [3.63, 3.8) is 0 Å². The van der Waals surface area contributed by atoms with Gasteiger partial charge in [0.25, 0.3) is 0 Å². The normalized spacial score (nSPS) is 16.1. The fraction of sp³-hybridized carbons (Fsp3) is 0.400. The monoisotopic (exact) mass is 294 g/mol. The van der Waals surface area contributed by atoms with Crippen LogP contribution in [0, 0.1) is 0 Å². The molecule has 1 fully saturated rings. The van der Waals surface area contributed by atoms with Gasteiger partial charge in [-0.05, 0) is 36.6 Å². The molecular formula is C15H16Cl2N2. The van der Waals surface area contributed by atoms with E-state index in [0.29, 0.717) is 12.5 Å². The van der Waals surface area contributed by atoms with Gasteiger partial charge in [0.1, 0.15) is 5.15 Å². The Morgan fingerprint density at radius 2 is 1.79 bits per heavy atom. The quantitative estimate of drug-likeness (QED) is 0.787. The zero-order valence-corrected chi connectivity index (χ0v) is 12.2. The summed E-state index contributed by atoms with van der Waals surface area (Å²) in [5, 5.41) is 6.13. The van der Waals surface area contributed by atoms with Crippen molar-refractivity contribution in [2.45, 2.75) is 38.1 Å². The zero-order valence-electron chi connectivity index (χ0n) is 10.6. The zero-order chi connectivity index (χ0) is 13.2. The summed E-state index contributed by atoms with van der Waals surface area (Å²) in [5.41, 5.74) is 2.31. The van der Waals surface area contributed by atoms with E-state index in [9.17, 15) is 0 Å². The molecule has 2 nitrogen and oxygen atoms in total. The van der Waals surface area contributed by atoms with Crippen molar-refractivity contribution in [1.82, 2.24) is 9.78 Å². The van der Waals surface area contributed by atoms with Gasteiger partial charge in [0.05, 0.1) is 12.2 Å². The van der Waals surface area contributed by atoms with Crippen LogP contribution in [0.4, 0.5) is 0 Å². The van der Waals surface area contributed by atoms with Crippen molar-refractivity contribution in [2.24, 2.45) is 0 Å². The van der Waals surface area contributed by atoms with Gasteiger partial charge in [-0.15, -0.1) is 0 Å². The van der Waals surface area contributed by atoms with E-state index < -0.39 is 0 Å². The number of halogens is 2. The minimum atomic E-state index is 0.601. The highest BCUT2D eigenvalue weighted by atomic mass is 35.5. The van der Waals surface area contributed by atoms with Gasteiger partial charge >= 0.3 is 0 Å². The Kier molecular flexibility index (Phi) is 3.81. The van der Waals surface area contributed by atoms with Gasteiger partial charge in [0.2, 0.25) is 0 Å². The lowest BCUT2D eigenvalue weighted by Crippen LogP contribution is -2.03. The van der Waals surface area contributed by atoms with Gasteiger partial charge in [0.15, 0.2) is 0 Å². The first-order valence-corrected chi connectivity index (χ1v) is 7.45. The third-order valence-electron chi connectivity index (χ3n) is 3.77. The fourth-order valence-corrected chi connectivity index (χ4v) is 3.04. The second kappa shape index (κ2) is 5.56. The Balaban J connectivity index is 1.79. The number of hydrogen-bond donors (Lipinski definition) is 0. The second-order valence-electron chi connectivity index (χ2n) is 5.16.